The Morgan fingerprint density at radius 3 is 2.88 bits per heavy atom. The molecule has 4 nitrogen and oxygen atoms in total. The van der Waals surface area contributed by atoms with Crippen LogP contribution in [0.3, 0.4) is 0 Å². The van der Waals surface area contributed by atoms with Crippen LogP contribution in [0.5, 0.6) is 5.75 Å². The fourth-order valence-electron chi connectivity index (χ4n) is 1.04. The Morgan fingerprint density at radius 2 is 2.24 bits per heavy atom. The maximum absolute atomic E-state index is 13.3. The number of para-hydroxylation sites is 1. The van der Waals surface area contributed by atoms with Crippen molar-refractivity contribution in [3.8, 4) is 5.75 Å². The van der Waals surface area contributed by atoms with Gasteiger partial charge in [0, 0.05) is 12.4 Å². The van der Waals surface area contributed by atoms with Gasteiger partial charge in [-0.05, 0) is 25.1 Å². The molecular weight excluding hydrogens is 221 g/mol. The van der Waals surface area contributed by atoms with Gasteiger partial charge in [-0.2, -0.15) is 0 Å². The molecule has 0 aliphatic carbocycles. The van der Waals surface area contributed by atoms with E-state index in [1.54, 1.807) is 24.3 Å². The fourth-order valence-corrected chi connectivity index (χ4v) is 1.04. The Labute approximate surface area is 99.3 Å². The predicted octanol–water partition coefficient (Wildman–Crippen LogP) is 2.11. The van der Waals surface area contributed by atoms with Crippen molar-refractivity contribution < 1.29 is 9.13 Å². The number of rotatable bonds is 4. The van der Waals surface area contributed by atoms with Crippen LogP contribution in [-0.2, 0) is 0 Å². The second-order valence-electron chi connectivity index (χ2n) is 2.98. The van der Waals surface area contributed by atoms with E-state index in [1.165, 1.54) is 24.5 Å². The molecule has 0 spiro atoms. The summed E-state index contributed by atoms with van der Waals surface area (Å²) in [5.74, 6) is 4.99. The topological polar surface area (TPSA) is 59.6 Å². The molecule has 0 aliphatic rings. The summed E-state index contributed by atoms with van der Waals surface area (Å²) >= 11 is 0. The highest BCUT2D eigenvalue weighted by Gasteiger charge is 2.03. The van der Waals surface area contributed by atoms with Crippen molar-refractivity contribution in [3.63, 3.8) is 0 Å². The molecule has 0 atom stereocenters. The summed E-state index contributed by atoms with van der Waals surface area (Å²) in [7, 11) is 0. The molecule has 0 unspecified atom stereocenters. The van der Waals surface area contributed by atoms with E-state index >= 15 is 0 Å². The summed E-state index contributed by atoms with van der Waals surface area (Å²) in [6, 6.07) is 6.12. The van der Waals surface area contributed by atoms with E-state index in [0.717, 1.165) is 0 Å². The predicted molar refractivity (Wildman–Crippen MR) is 65.7 cm³/mol. The van der Waals surface area contributed by atoms with Gasteiger partial charge < -0.3 is 10.2 Å². The van der Waals surface area contributed by atoms with Gasteiger partial charge >= 0.3 is 0 Å². The Kier molecular flexibility index (Phi) is 5.46. The zero-order chi connectivity index (χ0) is 12.5. The van der Waals surface area contributed by atoms with E-state index in [4.69, 9.17) is 10.6 Å². The number of aliphatic imine (C=N–C) groups is 1. The molecule has 0 saturated carbocycles. The van der Waals surface area contributed by atoms with Crippen molar-refractivity contribution in [3.05, 3.63) is 54.6 Å². The second-order valence-corrected chi connectivity index (χ2v) is 2.98. The number of ether oxygens (including phenoxy) is 1. The number of halogens is 1. The van der Waals surface area contributed by atoms with Crippen LogP contribution in [0.2, 0.25) is 0 Å². The number of nitrogens with two attached hydrogens (primary N) is 1. The highest BCUT2D eigenvalue weighted by atomic mass is 19.1. The van der Waals surface area contributed by atoms with Crippen molar-refractivity contribution in [2.45, 2.75) is 6.92 Å². The monoisotopic (exact) mass is 235 g/mol. The van der Waals surface area contributed by atoms with Crippen LogP contribution in [0.15, 0.2) is 53.8 Å². The van der Waals surface area contributed by atoms with Gasteiger partial charge in [0.2, 0.25) is 5.90 Å². The number of benzene rings is 1. The third-order valence-electron chi connectivity index (χ3n) is 1.73. The zero-order valence-electron chi connectivity index (χ0n) is 9.43. The lowest BCUT2D eigenvalue weighted by atomic mass is 10.3. The smallest absolute Gasteiger partial charge is 0.219 e. The second kappa shape index (κ2) is 7.19. The van der Waals surface area contributed by atoms with Gasteiger partial charge in [0.1, 0.15) is 0 Å². The molecule has 1 rings (SSSR count). The molecule has 0 bridgehead atoms. The van der Waals surface area contributed by atoms with Gasteiger partial charge in [-0.15, -0.1) is 0 Å². The summed E-state index contributed by atoms with van der Waals surface area (Å²) in [6.45, 7) is 1.81. The molecule has 0 fully saturated rings. The number of hydrazine groups is 1. The standard InChI is InChI=1S/C12H14FN3O/c1-2-5-12(15-8-9-16-14)17-11-7-4-3-6-10(11)13/h2-9,16H,14H2,1H3/b5-2+,9-8+,15-12-. The number of hydrogen-bond donors (Lipinski definition) is 2. The molecule has 1 aromatic carbocycles. The molecule has 0 amide bonds. The minimum absolute atomic E-state index is 0.124. The largest absolute Gasteiger partial charge is 0.436 e. The maximum atomic E-state index is 13.3. The van der Waals surface area contributed by atoms with Crippen LogP contribution in [0.25, 0.3) is 0 Å². The Bertz CT molecular complexity index is 441. The van der Waals surface area contributed by atoms with Crippen LogP contribution in [0, 0.1) is 5.82 Å². The summed E-state index contributed by atoms with van der Waals surface area (Å²) in [6.07, 6.45) is 6.20. The van der Waals surface area contributed by atoms with Crippen LogP contribution in [-0.4, -0.2) is 5.90 Å². The lowest BCUT2D eigenvalue weighted by Gasteiger charge is -2.05. The summed E-state index contributed by atoms with van der Waals surface area (Å²) < 4.78 is 18.6. The van der Waals surface area contributed by atoms with Gasteiger partial charge in [-0.3, -0.25) is 5.84 Å². The molecule has 0 radical (unpaired) electrons. The van der Waals surface area contributed by atoms with E-state index in [9.17, 15) is 4.39 Å². The molecule has 3 N–H and O–H groups in total. The lowest BCUT2D eigenvalue weighted by Crippen LogP contribution is -2.13. The van der Waals surface area contributed by atoms with Crippen LogP contribution in [0.1, 0.15) is 6.92 Å². The molecule has 0 heterocycles. The molecule has 17 heavy (non-hydrogen) atoms. The van der Waals surface area contributed by atoms with Crippen molar-refractivity contribution in [1.29, 1.82) is 0 Å². The number of nitrogens with zero attached hydrogens (tertiary/aromatic N) is 1. The average Bonchev–Trinajstić information content (AvgIpc) is 2.32. The quantitative estimate of drug-likeness (QED) is 0.363. The van der Waals surface area contributed by atoms with Gasteiger partial charge in [0.25, 0.3) is 0 Å². The third-order valence-corrected chi connectivity index (χ3v) is 1.73. The first-order chi connectivity index (χ1) is 8.27. The van der Waals surface area contributed by atoms with Gasteiger partial charge in [-0.25, -0.2) is 9.38 Å². The normalized spacial score (nSPS) is 12.3. The van der Waals surface area contributed by atoms with E-state index in [0.29, 0.717) is 0 Å². The number of nitrogens with one attached hydrogen (secondary N) is 1. The Hall–Kier alpha value is -2.14. The molecule has 5 heteroatoms. The van der Waals surface area contributed by atoms with Crippen molar-refractivity contribution in [1.82, 2.24) is 5.43 Å². The third kappa shape index (κ3) is 4.48. The van der Waals surface area contributed by atoms with Gasteiger partial charge in [0.05, 0.1) is 0 Å². The minimum atomic E-state index is -0.439. The zero-order valence-corrected chi connectivity index (χ0v) is 9.43. The maximum Gasteiger partial charge on any atom is 0.219 e. The molecule has 0 aliphatic heterocycles. The summed E-state index contributed by atoms with van der Waals surface area (Å²) in [4.78, 5) is 3.96. The first-order valence-corrected chi connectivity index (χ1v) is 5.02. The first-order valence-electron chi connectivity index (χ1n) is 5.02. The molecule has 90 valence electrons. The molecule has 0 saturated heterocycles. The first kappa shape index (κ1) is 12.9. The van der Waals surface area contributed by atoms with E-state index < -0.39 is 5.82 Å². The molecule has 0 aromatic heterocycles. The van der Waals surface area contributed by atoms with Gasteiger partial charge in [0.15, 0.2) is 11.6 Å². The van der Waals surface area contributed by atoms with Crippen LogP contribution >= 0.6 is 0 Å². The molecule has 1 aromatic rings. The SMILES string of the molecule is C/C=C/C(=N/C=C/NN)Oc1ccccc1F. The highest BCUT2D eigenvalue weighted by Crippen LogP contribution is 2.15. The number of hydrogen-bond acceptors (Lipinski definition) is 4. The van der Waals surface area contributed by atoms with E-state index in [2.05, 4.69) is 10.4 Å². The van der Waals surface area contributed by atoms with Crippen LogP contribution in [0.4, 0.5) is 4.39 Å². The fraction of sp³-hybridized carbons (Fsp3) is 0.0833. The molecular formula is C12H14FN3O. The number of allylic oxidation sites excluding steroid dienone is 1. The van der Waals surface area contributed by atoms with Gasteiger partial charge in [-0.1, -0.05) is 18.2 Å². The summed E-state index contributed by atoms with van der Waals surface area (Å²) in [5, 5.41) is 0. The Balaban J connectivity index is 2.84. The lowest BCUT2D eigenvalue weighted by molar-refractivity contribution is 0.494. The van der Waals surface area contributed by atoms with E-state index in [-0.39, 0.29) is 11.6 Å². The van der Waals surface area contributed by atoms with Crippen molar-refractivity contribution in [2.75, 3.05) is 0 Å². The average molecular weight is 235 g/mol. The highest BCUT2D eigenvalue weighted by molar-refractivity contribution is 5.89. The van der Waals surface area contributed by atoms with E-state index in [1.807, 2.05) is 6.92 Å². The minimum Gasteiger partial charge on any atom is -0.436 e. The van der Waals surface area contributed by atoms with Crippen molar-refractivity contribution >= 4 is 5.90 Å². The van der Waals surface area contributed by atoms with Crippen molar-refractivity contribution in [2.24, 2.45) is 10.8 Å². The van der Waals surface area contributed by atoms with Crippen LogP contribution < -0.4 is 16.0 Å². The summed E-state index contributed by atoms with van der Waals surface area (Å²) in [5.41, 5.74) is 2.30. The Morgan fingerprint density at radius 1 is 1.47 bits per heavy atom.